The van der Waals surface area contributed by atoms with E-state index in [0.29, 0.717) is 24.7 Å². The van der Waals surface area contributed by atoms with Crippen LogP contribution in [0.15, 0.2) is 42.6 Å². The van der Waals surface area contributed by atoms with Crippen LogP contribution in [0.5, 0.6) is 17.6 Å². The van der Waals surface area contributed by atoms with E-state index in [4.69, 9.17) is 9.47 Å². The van der Waals surface area contributed by atoms with Crippen molar-refractivity contribution in [1.82, 2.24) is 24.5 Å². The van der Waals surface area contributed by atoms with Crippen molar-refractivity contribution >= 4 is 16.4 Å². The molecule has 0 bridgehead atoms. The van der Waals surface area contributed by atoms with Crippen molar-refractivity contribution in [1.29, 1.82) is 0 Å². The summed E-state index contributed by atoms with van der Waals surface area (Å²) >= 11 is 0. The normalized spacial score (nSPS) is 16.9. The highest BCUT2D eigenvalue weighted by molar-refractivity contribution is 5.91. The molecule has 1 fully saturated rings. The molecule has 0 radical (unpaired) electrons. The third-order valence-electron chi connectivity index (χ3n) is 6.04. The number of rotatable bonds is 6. The van der Waals surface area contributed by atoms with E-state index < -0.39 is 0 Å². The van der Waals surface area contributed by atoms with Crippen LogP contribution in [-0.4, -0.2) is 62.9 Å². The Kier molecular flexibility index (Phi) is 5.07. The molecule has 0 aliphatic carbocycles. The van der Waals surface area contributed by atoms with E-state index in [-0.39, 0.29) is 11.9 Å². The largest absolute Gasteiger partial charge is 0.496 e. The summed E-state index contributed by atoms with van der Waals surface area (Å²) in [6.07, 6.45) is 4.56. The molecule has 4 aromatic rings. The maximum Gasteiger partial charge on any atom is 0.337 e. The third kappa shape index (κ3) is 3.63. The van der Waals surface area contributed by atoms with Crippen LogP contribution in [0.3, 0.4) is 0 Å². The first-order chi connectivity index (χ1) is 15.1. The lowest BCUT2D eigenvalue weighted by molar-refractivity contribution is 0.184. The van der Waals surface area contributed by atoms with Crippen molar-refractivity contribution < 1.29 is 14.6 Å². The average Bonchev–Trinajstić information content (AvgIpc) is 3.39. The van der Waals surface area contributed by atoms with Gasteiger partial charge in [-0.1, -0.05) is 30.3 Å². The van der Waals surface area contributed by atoms with Gasteiger partial charge in [0.2, 0.25) is 5.65 Å². The van der Waals surface area contributed by atoms with Gasteiger partial charge in [0, 0.05) is 17.8 Å². The summed E-state index contributed by atoms with van der Waals surface area (Å²) in [5, 5.41) is 17.0. The van der Waals surface area contributed by atoms with Crippen LogP contribution < -0.4 is 9.47 Å². The molecule has 160 valence electrons. The fourth-order valence-corrected chi connectivity index (χ4v) is 4.30. The highest BCUT2D eigenvalue weighted by Gasteiger charge is 2.22. The Balaban J connectivity index is 1.47. The number of nitrogens with zero attached hydrogens (tertiary/aromatic N) is 5. The van der Waals surface area contributed by atoms with Crippen molar-refractivity contribution in [3.8, 4) is 17.6 Å². The molecule has 1 atom stereocenters. The summed E-state index contributed by atoms with van der Waals surface area (Å²) in [5.41, 5.74) is 2.27. The molecular formula is C23H25N5O3. The summed E-state index contributed by atoms with van der Waals surface area (Å²) < 4.78 is 13.0. The Labute approximate surface area is 180 Å². The van der Waals surface area contributed by atoms with Crippen LogP contribution in [0, 0.1) is 0 Å². The zero-order chi connectivity index (χ0) is 21.4. The molecule has 2 aromatic carbocycles. The summed E-state index contributed by atoms with van der Waals surface area (Å²) in [4.78, 5) is 10.7. The molecule has 0 unspecified atom stereocenters. The number of likely N-dealkylation sites (tertiary alicyclic amines) is 1. The quantitative estimate of drug-likeness (QED) is 0.514. The lowest BCUT2D eigenvalue weighted by Gasteiger charge is -2.18. The lowest BCUT2D eigenvalue weighted by Crippen LogP contribution is -2.31. The van der Waals surface area contributed by atoms with Gasteiger partial charge in [-0.05, 0) is 43.5 Å². The van der Waals surface area contributed by atoms with Crippen LogP contribution in [0.2, 0.25) is 0 Å². The van der Waals surface area contributed by atoms with Crippen molar-refractivity contribution in [3.05, 3.63) is 53.9 Å². The van der Waals surface area contributed by atoms with Crippen LogP contribution in [0.4, 0.5) is 0 Å². The Bertz CT molecular complexity index is 1240. The van der Waals surface area contributed by atoms with E-state index in [2.05, 4.69) is 39.1 Å². The minimum absolute atomic E-state index is 0.157. The number of aromatic nitrogens is 4. The molecule has 1 aliphatic rings. The fourth-order valence-electron chi connectivity index (χ4n) is 4.30. The van der Waals surface area contributed by atoms with E-state index in [1.165, 1.54) is 0 Å². The number of hydrogen-bond donors (Lipinski definition) is 1. The molecule has 0 amide bonds. The second-order valence-corrected chi connectivity index (χ2v) is 7.94. The van der Waals surface area contributed by atoms with E-state index >= 15 is 0 Å². The molecule has 0 spiro atoms. The van der Waals surface area contributed by atoms with Crippen LogP contribution in [0.1, 0.15) is 24.1 Å². The Morgan fingerprint density at radius 3 is 2.77 bits per heavy atom. The lowest BCUT2D eigenvalue weighted by atomic mass is 10.0. The zero-order valence-corrected chi connectivity index (χ0v) is 17.7. The summed E-state index contributed by atoms with van der Waals surface area (Å²) in [5.74, 6) is 0.653. The first kappa shape index (κ1) is 19.6. The van der Waals surface area contributed by atoms with E-state index in [1.807, 2.05) is 24.3 Å². The standard InChI is InChI=1S/C23H25N5O3/c1-27-11-5-6-16(27)14-31-23-25-22(29)21-24-13-17(28(21)26-23)12-15-9-10-20(30-2)19-8-4-3-7-18(15)19/h3-4,7-10,13,16H,5-6,11-12,14H2,1-2H3,(H,25,26,29)/t16-/m0/s1. The molecule has 1 aliphatic heterocycles. The zero-order valence-electron chi connectivity index (χ0n) is 17.7. The van der Waals surface area contributed by atoms with Gasteiger partial charge in [-0.3, -0.25) is 0 Å². The van der Waals surface area contributed by atoms with Crippen molar-refractivity contribution in [2.24, 2.45) is 0 Å². The molecule has 1 saturated heterocycles. The van der Waals surface area contributed by atoms with Crippen molar-refractivity contribution in [2.75, 3.05) is 27.3 Å². The molecule has 8 nitrogen and oxygen atoms in total. The van der Waals surface area contributed by atoms with Gasteiger partial charge < -0.3 is 19.5 Å². The van der Waals surface area contributed by atoms with Crippen molar-refractivity contribution in [2.45, 2.75) is 25.3 Å². The SMILES string of the molecule is COc1ccc(Cc2cnc3c(O)nc(OC[C@@H]4CCCN4C)nn23)c2ccccc12. The minimum atomic E-state index is -0.185. The number of fused-ring (bicyclic) bond motifs is 2. The van der Waals surface area contributed by atoms with Gasteiger partial charge >= 0.3 is 6.01 Å². The van der Waals surface area contributed by atoms with Gasteiger partial charge in [-0.2, -0.15) is 4.98 Å². The number of imidazole rings is 1. The molecule has 31 heavy (non-hydrogen) atoms. The molecular weight excluding hydrogens is 394 g/mol. The highest BCUT2D eigenvalue weighted by atomic mass is 16.5. The Hall–Kier alpha value is -3.39. The molecule has 2 aromatic heterocycles. The Morgan fingerprint density at radius 1 is 1.16 bits per heavy atom. The molecule has 3 heterocycles. The number of hydrogen-bond acceptors (Lipinski definition) is 7. The number of likely N-dealkylation sites (N-methyl/N-ethyl adjacent to an activating group) is 1. The van der Waals surface area contributed by atoms with Gasteiger partial charge in [-0.15, -0.1) is 5.10 Å². The maximum absolute atomic E-state index is 10.4. The highest BCUT2D eigenvalue weighted by Crippen LogP contribution is 2.30. The van der Waals surface area contributed by atoms with E-state index in [9.17, 15) is 5.11 Å². The number of methoxy groups -OCH3 is 1. The number of ether oxygens (including phenoxy) is 2. The first-order valence-corrected chi connectivity index (χ1v) is 10.5. The van der Waals surface area contributed by atoms with Crippen molar-refractivity contribution in [3.63, 3.8) is 0 Å². The first-order valence-electron chi connectivity index (χ1n) is 10.5. The molecule has 1 N–H and O–H groups in total. The van der Waals surface area contributed by atoms with Crippen LogP contribution in [-0.2, 0) is 6.42 Å². The summed E-state index contributed by atoms with van der Waals surface area (Å²) in [6, 6.07) is 12.7. The minimum Gasteiger partial charge on any atom is -0.496 e. The van der Waals surface area contributed by atoms with Gasteiger partial charge in [0.15, 0.2) is 0 Å². The summed E-state index contributed by atoms with van der Waals surface area (Å²) in [7, 11) is 3.77. The molecule has 8 heteroatoms. The molecule has 5 rings (SSSR count). The fraction of sp³-hybridized carbons (Fsp3) is 0.348. The smallest absolute Gasteiger partial charge is 0.337 e. The second kappa shape index (κ2) is 8.03. The maximum atomic E-state index is 10.4. The predicted octanol–water partition coefficient (Wildman–Crippen LogP) is 3.06. The third-order valence-corrected chi connectivity index (χ3v) is 6.04. The average molecular weight is 419 g/mol. The van der Waals surface area contributed by atoms with E-state index in [0.717, 1.165) is 47.2 Å². The van der Waals surface area contributed by atoms with Crippen LogP contribution in [0.25, 0.3) is 16.4 Å². The topological polar surface area (TPSA) is 85.0 Å². The van der Waals surface area contributed by atoms with Gasteiger partial charge in [0.25, 0.3) is 5.88 Å². The van der Waals surface area contributed by atoms with E-state index in [1.54, 1.807) is 17.8 Å². The monoisotopic (exact) mass is 419 g/mol. The van der Waals surface area contributed by atoms with Gasteiger partial charge in [-0.25, -0.2) is 9.50 Å². The summed E-state index contributed by atoms with van der Waals surface area (Å²) in [6.45, 7) is 1.56. The number of benzene rings is 2. The van der Waals surface area contributed by atoms with Gasteiger partial charge in [0.1, 0.15) is 12.4 Å². The second-order valence-electron chi connectivity index (χ2n) is 7.94. The predicted molar refractivity (Wildman–Crippen MR) is 117 cm³/mol. The van der Waals surface area contributed by atoms with Gasteiger partial charge in [0.05, 0.1) is 19.0 Å². The number of aromatic hydroxyl groups is 1. The van der Waals surface area contributed by atoms with Crippen LogP contribution >= 0.6 is 0 Å². The molecule has 0 saturated carbocycles. The Morgan fingerprint density at radius 2 is 2.00 bits per heavy atom.